The van der Waals surface area contributed by atoms with Gasteiger partial charge in [-0.05, 0) is 43.7 Å². The largest absolute Gasteiger partial charge is 0.378 e. The Morgan fingerprint density at radius 1 is 1.23 bits per heavy atom. The minimum atomic E-state index is 0.427. The number of ether oxygens (including phenoxy) is 1. The van der Waals surface area contributed by atoms with Gasteiger partial charge in [0.15, 0.2) is 5.96 Å². The summed E-state index contributed by atoms with van der Waals surface area (Å²) in [6.45, 7) is 7.71. The van der Waals surface area contributed by atoms with Crippen molar-refractivity contribution in [2.75, 3.05) is 19.7 Å². The van der Waals surface area contributed by atoms with E-state index in [1.54, 1.807) is 0 Å². The minimum Gasteiger partial charge on any atom is -0.378 e. The van der Waals surface area contributed by atoms with E-state index in [9.17, 15) is 0 Å². The quantitative estimate of drug-likeness (QED) is 0.601. The Morgan fingerprint density at radius 2 is 2.05 bits per heavy atom. The van der Waals surface area contributed by atoms with Crippen molar-refractivity contribution in [3.63, 3.8) is 0 Å². The summed E-state index contributed by atoms with van der Waals surface area (Å²) in [5.74, 6) is 0.895. The fourth-order valence-corrected chi connectivity index (χ4v) is 2.79. The Kier molecular flexibility index (Phi) is 7.23. The van der Waals surface area contributed by atoms with Crippen LogP contribution in [0.2, 0.25) is 0 Å². The second-order valence-electron chi connectivity index (χ2n) is 5.67. The highest BCUT2D eigenvalue weighted by molar-refractivity contribution is 5.79. The van der Waals surface area contributed by atoms with E-state index >= 15 is 0 Å². The summed E-state index contributed by atoms with van der Waals surface area (Å²) in [6, 6.07) is 8.53. The highest BCUT2D eigenvalue weighted by Gasteiger charge is 2.14. The van der Waals surface area contributed by atoms with Gasteiger partial charge in [-0.25, -0.2) is 4.99 Å². The zero-order chi connectivity index (χ0) is 15.6. The number of nitrogens with one attached hydrogen (secondary N) is 2. The second kappa shape index (κ2) is 9.46. The molecule has 1 saturated heterocycles. The number of aryl methyl sites for hydroxylation is 1. The molecule has 22 heavy (non-hydrogen) atoms. The number of rotatable bonds is 7. The zero-order valence-electron chi connectivity index (χ0n) is 13.9. The molecule has 1 aliphatic heterocycles. The van der Waals surface area contributed by atoms with Crippen molar-refractivity contribution in [3.05, 3.63) is 35.4 Å². The summed E-state index contributed by atoms with van der Waals surface area (Å²) < 4.78 is 5.65. The van der Waals surface area contributed by atoms with Gasteiger partial charge in [0, 0.05) is 19.7 Å². The molecule has 0 spiro atoms. The first-order valence-electron chi connectivity index (χ1n) is 8.54. The van der Waals surface area contributed by atoms with Gasteiger partial charge in [-0.3, -0.25) is 0 Å². The molecule has 1 aliphatic rings. The summed E-state index contributed by atoms with van der Waals surface area (Å²) >= 11 is 0. The SMILES string of the molecule is CCNC(=NCc1ccccc1CC)NCCC1CCCO1. The molecule has 0 amide bonds. The fourth-order valence-electron chi connectivity index (χ4n) is 2.79. The number of nitrogens with zero attached hydrogens (tertiary/aromatic N) is 1. The first-order chi connectivity index (χ1) is 10.8. The normalized spacial score (nSPS) is 18.5. The molecule has 0 aliphatic carbocycles. The maximum absolute atomic E-state index is 5.65. The van der Waals surface area contributed by atoms with Crippen LogP contribution in [-0.4, -0.2) is 31.8 Å². The molecule has 0 radical (unpaired) electrons. The monoisotopic (exact) mass is 303 g/mol. The number of aliphatic imine (C=N–C) groups is 1. The van der Waals surface area contributed by atoms with Crippen molar-refractivity contribution in [1.82, 2.24) is 10.6 Å². The lowest BCUT2D eigenvalue weighted by molar-refractivity contribution is 0.105. The molecular formula is C18H29N3O. The van der Waals surface area contributed by atoms with Gasteiger partial charge < -0.3 is 15.4 Å². The highest BCUT2D eigenvalue weighted by atomic mass is 16.5. The van der Waals surface area contributed by atoms with E-state index in [1.807, 2.05) is 0 Å². The second-order valence-corrected chi connectivity index (χ2v) is 5.67. The highest BCUT2D eigenvalue weighted by Crippen LogP contribution is 2.14. The summed E-state index contributed by atoms with van der Waals surface area (Å²) in [4.78, 5) is 4.71. The molecule has 0 bridgehead atoms. The average Bonchev–Trinajstić information content (AvgIpc) is 3.06. The lowest BCUT2D eigenvalue weighted by atomic mass is 10.1. The lowest BCUT2D eigenvalue weighted by Gasteiger charge is -2.14. The Morgan fingerprint density at radius 3 is 2.73 bits per heavy atom. The van der Waals surface area contributed by atoms with Crippen LogP contribution in [0.25, 0.3) is 0 Å². The summed E-state index contributed by atoms with van der Waals surface area (Å²) in [5, 5.41) is 6.73. The molecule has 4 nitrogen and oxygen atoms in total. The van der Waals surface area contributed by atoms with E-state index in [2.05, 4.69) is 48.7 Å². The molecule has 1 atom stereocenters. The topological polar surface area (TPSA) is 45.7 Å². The Hall–Kier alpha value is -1.55. The summed E-state index contributed by atoms with van der Waals surface area (Å²) in [7, 11) is 0. The Balaban J connectivity index is 1.85. The maximum Gasteiger partial charge on any atom is 0.191 e. The van der Waals surface area contributed by atoms with Gasteiger partial charge in [-0.15, -0.1) is 0 Å². The van der Waals surface area contributed by atoms with Crippen molar-refractivity contribution in [3.8, 4) is 0 Å². The predicted octanol–water partition coefficient (Wildman–Crippen LogP) is 2.87. The average molecular weight is 303 g/mol. The van der Waals surface area contributed by atoms with Gasteiger partial charge in [0.1, 0.15) is 0 Å². The van der Waals surface area contributed by atoms with Crippen molar-refractivity contribution >= 4 is 5.96 Å². The third kappa shape index (κ3) is 5.34. The molecule has 4 heteroatoms. The van der Waals surface area contributed by atoms with Crippen LogP contribution in [-0.2, 0) is 17.7 Å². The van der Waals surface area contributed by atoms with Crippen LogP contribution in [0.4, 0.5) is 0 Å². The molecule has 2 N–H and O–H groups in total. The van der Waals surface area contributed by atoms with Crippen LogP contribution in [0.5, 0.6) is 0 Å². The Bertz CT molecular complexity index is 467. The van der Waals surface area contributed by atoms with Crippen LogP contribution < -0.4 is 10.6 Å². The number of hydrogen-bond donors (Lipinski definition) is 2. The number of guanidine groups is 1. The van der Waals surface area contributed by atoms with E-state index in [1.165, 1.54) is 24.0 Å². The van der Waals surface area contributed by atoms with E-state index in [-0.39, 0.29) is 0 Å². The van der Waals surface area contributed by atoms with Gasteiger partial charge in [-0.2, -0.15) is 0 Å². The standard InChI is InChI=1S/C18H29N3O/c1-3-15-8-5-6-9-16(15)14-21-18(19-4-2)20-12-11-17-10-7-13-22-17/h5-6,8-9,17H,3-4,7,10-14H2,1-2H3,(H2,19,20,21). The summed E-state index contributed by atoms with van der Waals surface area (Å²) in [6.07, 6.45) is 4.92. The van der Waals surface area contributed by atoms with Gasteiger partial charge in [0.25, 0.3) is 0 Å². The molecule has 0 aromatic heterocycles. The smallest absolute Gasteiger partial charge is 0.191 e. The van der Waals surface area contributed by atoms with Gasteiger partial charge in [0.05, 0.1) is 12.6 Å². The van der Waals surface area contributed by atoms with Crippen molar-refractivity contribution in [1.29, 1.82) is 0 Å². The zero-order valence-corrected chi connectivity index (χ0v) is 13.9. The Labute approximate surface area is 134 Å². The molecule has 122 valence electrons. The number of benzene rings is 1. The predicted molar refractivity (Wildman–Crippen MR) is 92.2 cm³/mol. The van der Waals surface area contributed by atoms with Crippen LogP contribution in [0, 0.1) is 0 Å². The molecule has 2 rings (SSSR count). The third-order valence-corrected chi connectivity index (χ3v) is 4.03. The van der Waals surface area contributed by atoms with Gasteiger partial charge in [-0.1, -0.05) is 31.2 Å². The van der Waals surface area contributed by atoms with Gasteiger partial charge in [0.2, 0.25) is 0 Å². The van der Waals surface area contributed by atoms with Gasteiger partial charge >= 0.3 is 0 Å². The third-order valence-electron chi connectivity index (χ3n) is 4.03. The van der Waals surface area contributed by atoms with Crippen LogP contribution in [0.1, 0.15) is 44.2 Å². The molecule has 1 aromatic rings. The summed E-state index contributed by atoms with van der Waals surface area (Å²) in [5.41, 5.74) is 2.68. The van der Waals surface area contributed by atoms with Crippen LogP contribution in [0.3, 0.4) is 0 Å². The minimum absolute atomic E-state index is 0.427. The van der Waals surface area contributed by atoms with Crippen molar-refractivity contribution in [2.45, 2.75) is 52.2 Å². The van der Waals surface area contributed by atoms with Crippen LogP contribution >= 0.6 is 0 Å². The molecule has 1 fully saturated rings. The van der Waals surface area contributed by atoms with Crippen LogP contribution in [0.15, 0.2) is 29.3 Å². The molecule has 1 heterocycles. The van der Waals surface area contributed by atoms with Crippen molar-refractivity contribution in [2.24, 2.45) is 4.99 Å². The first-order valence-corrected chi connectivity index (χ1v) is 8.54. The molecular weight excluding hydrogens is 274 g/mol. The molecule has 1 unspecified atom stereocenters. The van der Waals surface area contributed by atoms with E-state index in [0.717, 1.165) is 45.0 Å². The van der Waals surface area contributed by atoms with E-state index in [4.69, 9.17) is 9.73 Å². The van der Waals surface area contributed by atoms with Crippen molar-refractivity contribution < 1.29 is 4.74 Å². The molecule has 0 saturated carbocycles. The number of hydrogen-bond acceptors (Lipinski definition) is 2. The first kappa shape index (κ1) is 16.8. The van der Waals surface area contributed by atoms with E-state index in [0.29, 0.717) is 6.10 Å². The maximum atomic E-state index is 5.65. The fraction of sp³-hybridized carbons (Fsp3) is 0.611. The van der Waals surface area contributed by atoms with E-state index < -0.39 is 0 Å². The lowest BCUT2D eigenvalue weighted by Crippen LogP contribution is -2.38. The molecule has 1 aromatic carbocycles.